The number of aryl methyl sites for hydroxylation is 2. The molecular weight excluding hydrogens is 318 g/mol. The molecule has 0 aliphatic carbocycles. The molecule has 4 heterocycles. The zero-order valence-corrected chi connectivity index (χ0v) is 14.4. The highest BCUT2D eigenvalue weighted by molar-refractivity contribution is 5.75. The Morgan fingerprint density at radius 3 is 3.04 bits per heavy atom. The number of H-pyrrole nitrogens is 1. The molecule has 0 spiro atoms. The second-order valence-electron chi connectivity index (χ2n) is 6.40. The maximum Gasteiger partial charge on any atom is 0.318 e. The Balaban J connectivity index is 1.49. The third-order valence-electron chi connectivity index (χ3n) is 4.81. The van der Waals surface area contributed by atoms with Crippen molar-refractivity contribution < 1.29 is 4.79 Å². The standard InChI is InChI=1S/C17H21N7O/c1-11-16(12(2)20-19-11)13-6-5-9-23(13)17(25)18-10-15-22-21-14-7-3-4-8-24(14)15/h3-4,7-8,13H,5-6,9-10H2,1-2H3,(H,18,25)(H,19,20)/t13-/m0/s1. The van der Waals surface area contributed by atoms with Crippen molar-refractivity contribution in [2.75, 3.05) is 6.54 Å². The number of carbonyl (C=O) groups excluding carboxylic acids is 1. The topological polar surface area (TPSA) is 91.2 Å². The molecule has 4 rings (SSSR count). The van der Waals surface area contributed by atoms with E-state index in [1.165, 1.54) is 0 Å². The third-order valence-corrected chi connectivity index (χ3v) is 4.81. The molecule has 1 atom stereocenters. The van der Waals surface area contributed by atoms with E-state index in [-0.39, 0.29) is 12.1 Å². The number of pyridine rings is 1. The van der Waals surface area contributed by atoms with E-state index in [0.29, 0.717) is 6.54 Å². The van der Waals surface area contributed by atoms with Gasteiger partial charge in [-0.15, -0.1) is 10.2 Å². The van der Waals surface area contributed by atoms with Crippen LogP contribution in [0.2, 0.25) is 0 Å². The largest absolute Gasteiger partial charge is 0.331 e. The van der Waals surface area contributed by atoms with Gasteiger partial charge in [0.1, 0.15) is 0 Å². The number of hydrogen-bond acceptors (Lipinski definition) is 4. The summed E-state index contributed by atoms with van der Waals surface area (Å²) in [7, 11) is 0. The van der Waals surface area contributed by atoms with Crippen molar-refractivity contribution in [2.24, 2.45) is 0 Å². The minimum absolute atomic E-state index is 0.0739. The number of rotatable bonds is 3. The van der Waals surface area contributed by atoms with Crippen LogP contribution in [0.25, 0.3) is 5.65 Å². The van der Waals surface area contributed by atoms with Crippen molar-refractivity contribution in [3.63, 3.8) is 0 Å². The third kappa shape index (κ3) is 2.73. The van der Waals surface area contributed by atoms with Gasteiger partial charge in [-0.1, -0.05) is 6.07 Å². The lowest BCUT2D eigenvalue weighted by Crippen LogP contribution is -2.39. The molecule has 8 nitrogen and oxygen atoms in total. The normalized spacial score (nSPS) is 17.4. The summed E-state index contributed by atoms with van der Waals surface area (Å²) < 4.78 is 1.88. The van der Waals surface area contributed by atoms with E-state index < -0.39 is 0 Å². The molecule has 0 unspecified atom stereocenters. The molecule has 0 radical (unpaired) electrons. The quantitative estimate of drug-likeness (QED) is 0.764. The zero-order valence-electron chi connectivity index (χ0n) is 14.4. The van der Waals surface area contributed by atoms with Crippen molar-refractivity contribution >= 4 is 11.7 Å². The molecule has 0 saturated carbocycles. The second kappa shape index (κ2) is 6.19. The fourth-order valence-corrected chi connectivity index (χ4v) is 3.63. The highest BCUT2D eigenvalue weighted by atomic mass is 16.2. The summed E-state index contributed by atoms with van der Waals surface area (Å²) in [4.78, 5) is 14.6. The molecule has 1 aliphatic heterocycles. The number of fused-ring (bicyclic) bond motifs is 1. The maximum absolute atomic E-state index is 12.7. The molecule has 0 aromatic carbocycles. The van der Waals surface area contributed by atoms with Crippen LogP contribution < -0.4 is 5.32 Å². The summed E-state index contributed by atoms with van der Waals surface area (Å²) >= 11 is 0. The van der Waals surface area contributed by atoms with Gasteiger partial charge in [-0.05, 0) is 38.8 Å². The van der Waals surface area contributed by atoms with Gasteiger partial charge in [-0.2, -0.15) is 5.10 Å². The number of urea groups is 1. The fraction of sp³-hybridized carbons (Fsp3) is 0.412. The van der Waals surface area contributed by atoms with Crippen molar-refractivity contribution in [2.45, 2.75) is 39.3 Å². The van der Waals surface area contributed by atoms with Gasteiger partial charge in [0.25, 0.3) is 0 Å². The molecule has 1 saturated heterocycles. The number of aromatic nitrogens is 5. The van der Waals surface area contributed by atoms with E-state index in [0.717, 1.165) is 47.8 Å². The highest BCUT2D eigenvalue weighted by Gasteiger charge is 2.33. The van der Waals surface area contributed by atoms with Crippen LogP contribution in [-0.2, 0) is 6.54 Å². The molecule has 0 bridgehead atoms. The lowest BCUT2D eigenvalue weighted by molar-refractivity contribution is 0.192. The number of likely N-dealkylation sites (tertiary alicyclic amines) is 1. The molecule has 25 heavy (non-hydrogen) atoms. The number of nitrogens with one attached hydrogen (secondary N) is 2. The number of hydrogen-bond donors (Lipinski definition) is 2. The predicted octanol–water partition coefficient (Wildman–Crippen LogP) is 2.12. The summed E-state index contributed by atoms with van der Waals surface area (Å²) in [5, 5.41) is 18.5. The zero-order chi connectivity index (χ0) is 17.4. The van der Waals surface area contributed by atoms with E-state index in [1.54, 1.807) is 0 Å². The Morgan fingerprint density at radius 1 is 1.36 bits per heavy atom. The van der Waals surface area contributed by atoms with Gasteiger partial charge >= 0.3 is 6.03 Å². The first-order chi connectivity index (χ1) is 12.1. The summed E-state index contributed by atoms with van der Waals surface area (Å²) in [5.41, 5.74) is 3.91. The van der Waals surface area contributed by atoms with Crippen LogP contribution in [0, 0.1) is 13.8 Å². The first-order valence-electron chi connectivity index (χ1n) is 8.49. The van der Waals surface area contributed by atoms with Crippen molar-refractivity contribution in [1.29, 1.82) is 0 Å². The fourth-order valence-electron chi connectivity index (χ4n) is 3.63. The van der Waals surface area contributed by atoms with Gasteiger partial charge in [-0.25, -0.2) is 4.79 Å². The highest BCUT2D eigenvalue weighted by Crippen LogP contribution is 2.34. The van der Waals surface area contributed by atoms with E-state index in [4.69, 9.17) is 0 Å². The van der Waals surface area contributed by atoms with Crippen LogP contribution in [0.5, 0.6) is 0 Å². The average Bonchev–Trinajstić information content (AvgIpc) is 3.32. The second-order valence-corrected chi connectivity index (χ2v) is 6.40. The van der Waals surface area contributed by atoms with Crippen LogP contribution in [0.15, 0.2) is 24.4 Å². The first-order valence-corrected chi connectivity index (χ1v) is 8.49. The Morgan fingerprint density at radius 2 is 2.24 bits per heavy atom. The van der Waals surface area contributed by atoms with Gasteiger partial charge in [-0.3, -0.25) is 9.50 Å². The lowest BCUT2D eigenvalue weighted by atomic mass is 10.0. The molecular formula is C17H21N7O. The summed E-state index contributed by atoms with van der Waals surface area (Å²) in [6, 6.07) is 5.72. The van der Waals surface area contributed by atoms with Crippen LogP contribution >= 0.6 is 0 Å². The lowest BCUT2D eigenvalue weighted by Gasteiger charge is -2.25. The van der Waals surface area contributed by atoms with Crippen molar-refractivity contribution in [1.82, 2.24) is 35.0 Å². The summed E-state index contributed by atoms with van der Waals surface area (Å²) in [5.74, 6) is 0.718. The van der Waals surface area contributed by atoms with Crippen molar-refractivity contribution in [3.05, 3.63) is 47.2 Å². The molecule has 8 heteroatoms. The minimum atomic E-state index is -0.0739. The van der Waals surface area contributed by atoms with E-state index >= 15 is 0 Å². The molecule has 1 aliphatic rings. The molecule has 2 N–H and O–H groups in total. The van der Waals surface area contributed by atoms with Gasteiger partial charge in [0.15, 0.2) is 11.5 Å². The van der Waals surface area contributed by atoms with E-state index in [2.05, 4.69) is 25.7 Å². The monoisotopic (exact) mass is 339 g/mol. The molecule has 1 fully saturated rings. The summed E-state index contributed by atoms with van der Waals surface area (Å²) in [6.07, 6.45) is 3.85. The predicted molar refractivity (Wildman–Crippen MR) is 92.0 cm³/mol. The number of nitrogens with zero attached hydrogens (tertiary/aromatic N) is 5. The van der Waals surface area contributed by atoms with E-state index in [9.17, 15) is 4.79 Å². The maximum atomic E-state index is 12.7. The van der Waals surface area contributed by atoms with Crippen LogP contribution in [0.1, 0.15) is 41.7 Å². The Bertz CT molecular complexity index is 893. The SMILES string of the molecule is Cc1n[nH]c(C)c1[C@@H]1CCCN1C(=O)NCc1nnc2ccccn12. The molecule has 3 aromatic heterocycles. The Hall–Kier alpha value is -2.90. The van der Waals surface area contributed by atoms with E-state index in [1.807, 2.05) is 47.5 Å². The molecule has 3 aromatic rings. The number of aromatic amines is 1. The first kappa shape index (κ1) is 15.6. The average molecular weight is 339 g/mol. The molecule has 130 valence electrons. The Labute approximate surface area is 145 Å². The van der Waals surface area contributed by atoms with Gasteiger partial charge < -0.3 is 10.2 Å². The van der Waals surface area contributed by atoms with Gasteiger partial charge in [0.05, 0.1) is 18.3 Å². The summed E-state index contributed by atoms with van der Waals surface area (Å²) in [6.45, 7) is 5.08. The Kier molecular flexibility index (Phi) is 3.87. The minimum Gasteiger partial charge on any atom is -0.331 e. The van der Waals surface area contributed by atoms with Crippen LogP contribution in [0.4, 0.5) is 4.79 Å². The number of carbonyl (C=O) groups is 1. The van der Waals surface area contributed by atoms with Crippen molar-refractivity contribution in [3.8, 4) is 0 Å². The molecule has 2 amide bonds. The smallest absolute Gasteiger partial charge is 0.318 e. The van der Waals surface area contributed by atoms with Gasteiger partial charge in [0.2, 0.25) is 0 Å². The van der Waals surface area contributed by atoms with Gasteiger partial charge in [0, 0.05) is 24.0 Å². The number of amides is 2. The van der Waals surface area contributed by atoms with Crippen LogP contribution in [0.3, 0.4) is 0 Å². The van der Waals surface area contributed by atoms with Crippen LogP contribution in [-0.4, -0.2) is 42.3 Å².